The Morgan fingerprint density at radius 2 is 0.389 bits per heavy atom. The fraction of sp³-hybridized carbons (Fsp3) is 0. The van der Waals surface area contributed by atoms with Gasteiger partial charge >= 0.3 is 0 Å². The van der Waals surface area contributed by atoms with Gasteiger partial charge < -0.3 is 0 Å². The van der Waals surface area contributed by atoms with Gasteiger partial charge in [0.15, 0.2) is 17.5 Å². The highest BCUT2D eigenvalue weighted by atomic mass is 15.0. The van der Waals surface area contributed by atoms with E-state index in [2.05, 4.69) is 152 Å². The molecule has 0 unspecified atom stereocenters. The molecule has 0 saturated heterocycles. The van der Waals surface area contributed by atoms with Crippen molar-refractivity contribution in [2.24, 2.45) is 0 Å². The van der Waals surface area contributed by atoms with Crippen LogP contribution in [-0.2, 0) is 0 Å². The molecule has 3 nitrogen and oxygen atoms in total. The lowest BCUT2D eigenvalue weighted by atomic mass is 9.91. The molecule has 9 rings (SSSR count). The Hall–Kier alpha value is -7.23. The third kappa shape index (κ3) is 6.99. The van der Waals surface area contributed by atoms with Crippen molar-refractivity contribution in [2.45, 2.75) is 0 Å². The molecule has 54 heavy (non-hydrogen) atoms. The molecule has 0 N–H and O–H groups in total. The maximum atomic E-state index is 4.97. The van der Waals surface area contributed by atoms with Crippen molar-refractivity contribution in [3.8, 4) is 89.8 Å². The molecular weight excluding hydrogens is 655 g/mol. The van der Waals surface area contributed by atoms with Gasteiger partial charge in [0.05, 0.1) is 0 Å². The molecule has 0 fully saturated rings. The summed E-state index contributed by atoms with van der Waals surface area (Å²) >= 11 is 0. The van der Waals surface area contributed by atoms with Gasteiger partial charge in [0.1, 0.15) is 0 Å². The predicted octanol–water partition coefficient (Wildman–Crippen LogP) is 13.2. The quantitative estimate of drug-likeness (QED) is 0.159. The predicted molar refractivity (Wildman–Crippen MR) is 223 cm³/mol. The van der Waals surface area contributed by atoms with Gasteiger partial charge in [-0.2, -0.15) is 0 Å². The van der Waals surface area contributed by atoms with Crippen LogP contribution in [0.1, 0.15) is 0 Å². The first-order chi connectivity index (χ1) is 26.7. The Balaban J connectivity index is 1.08. The maximum Gasteiger partial charge on any atom is 0.164 e. The van der Waals surface area contributed by atoms with Crippen LogP contribution in [0.5, 0.6) is 0 Å². The highest BCUT2D eigenvalue weighted by Crippen LogP contribution is 2.36. The summed E-state index contributed by atoms with van der Waals surface area (Å²) in [5.41, 5.74) is 14.5. The van der Waals surface area contributed by atoms with Gasteiger partial charge in [-0.05, 0) is 92.0 Å². The van der Waals surface area contributed by atoms with Crippen LogP contribution < -0.4 is 0 Å². The van der Waals surface area contributed by atoms with Crippen molar-refractivity contribution in [3.63, 3.8) is 0 Å². The molecule has 1 heterocycles. The van der Waals surface area contributed by atoms with Crippen molar-refractivity contribution < 1.29 is 0 Å². The van der Waals surface area contributed by atoms with Gasteiger partial charge in [-0.25, -0.2) is 15.0 Å². The van der Waals surface area contributed by atoms with E-state index in [-0.39, 0.29) is 0 Å². The van der Waals surface area contributed by atoms with E-state index in [9.17, 15) is 0 Å². The molecule has 0 aliphatic carbocycles. The lowest BCUT2D eigenvalue weighted by Gasteiger charge is -2.13. The van der Waals surface area contributed by atoms with E-state index in [1.165, 1.54) is 33.4 Å². The van der Waals surface area contributed by atoms with E-state index in [4.69, 9.17) is 15.0 Å². The average molecular weight is 690 g/mol. The first kappa shape index (κ1) is 32.7. The topological polar surface area (TPSA) is 38.7 Å². The molecule has 1 aromatic heterocycles. The average Bonchev–Trinajstić information content (AvgIpc) is 3.27. The number of nitrogens with zero attached hydrogens (tertiary/aromatic N) is 3. The molecule has 0 spiro atoms. The van der Waals surface area contributed by atoms with Crippen LogP contribution in [-0.4, -0.2) is 15.0 Å². The molecule has 254 valence electrons. The molecule has 0 saturated carbocycles. The number of aromatic nitrogens is 3. The standard InChI is InChI=1S/C51H35N3/c1-5-16-36(17-6-1)46-33-47(37-18-7-2-8-19-37)35-48(34-46)44-28-14-26-42(31-44)40-24-13-25-41(30-40)43-27-15-29-45(32-43)51-53-49(38-20-9-3-10-21-38)52-50(54-51)39-22-11-4-12-23-39/h1-35H. The Morgan fingerprint density at radius 3 is 0.759 bits per heavy atom. The molecule has 9 aromatic rings. The molecular formula is C51H35N3. The Kier molecular flexibility index (Phi) is 8.94. The zero-order valence-corrected chi connectivity index (χ0v) is 29.5. The van der Waals surface area contributed by atoms with Crippen LogP contribution in [0.25, 0.3) is 89.8 Å². The summed E-state index contributed by atoms with van der Waals surface area (Å²) in [7, 11) is 0. The second kappa shape index (κ2) is 14.8. The minimum Gasteiger partial charge on any atom is -0.208 e. The summed E-state index contributed by atoms with van der Waals surface area (Å²) in [5.74, 6) is 1.94. The minimum absolute atomic E-state index is 0.640. The smallest absolute Gasteiger partial charge is 0.164 e. The fourth-order valence-corrected chi connectivity index (χ4v) is 6.92. The monoisotopic (exact) mass is 689 g/mol. The molecule has 8 aromatic carbocycles. The van der Waals surface area contributed by atoms with E-state index in [1.54, 1.807) is 0 Å². The van der Waals surface area contributed by atoms with Crippen LogP contribution >= 0.6 is 0 Å². The zero-order chi connectivity index (χ0) is 36.1. The lowest BCUT2D eigenvalue weighted by molar-refractivity contribution is 1.07. The van der Waals surface area contributed by atoms with Crippen molar-refractivity contribution in [1.82, 2.24) is 15.0 Å². The Morgan fingerprint density at radius 1 is 0.167 bits per heavy atom. The normalized spacial score (nSPS) is 11.0. The number of hydrogen-bond acceptors (Lipinski definition) is 3. The van der Waals surface area contributed by atoms with E-state index in [1.807, 2.05) is 60.7 Å². The summed E-state index contributed by atoms with van der Waals surface area (Å²) in [4.78, 5) is 14.8. The fourth-order valence-electron chi connectivity index (χ4n) is 6.92. The van der Waals surface area contributed by atoms with E-state index >= 15 is 0 Å². The number of rotatable bonds is 8. The second-order valence-corrected chi connectivity index (χ2v) is 13.3. The molecule has 0 aliphatic heterocycles. The van der Waals surface area contributed by atoms with Gasteiger partial charge in [0.25, 0.3) is 0 Å². The zero-order valence-electron chi connectivity index (χ0n) is 29.5. The maximum absolute atomic E-state index is 4.97. The second-order valence-electron chi connectivity index (χ2n) is 13.3. The van der Waals surface area contributed by atoms with Gasteiger partial charge in [-0.15, -0.1) is 0 Å². The summed E-state index contributed by atoms with van der Waals surface area (Å²) in [6.45, 7) is 0. The number of benzene rings is 8. The summed E-state index contributed by atoms with van der Waals surface area (Å²) in [5, 5.41) is 0. The molecule has 0 atom stereocenters. The SMILES string of the molecule is c1ccc(-c2cc(-c3ccccc3)cc(-c3cccc(-c4cccc(-c5cccc(-c6nc(-c7ccccc7)nc(-c7ccccc7)n6)c5)c4)c3)c2)cc1. The lowest BCUT2D eigenvalue weighted by Crippen LogP contribution is -2.00. The Labute approximate surface area is 316 Å². The first-order valence-electron chi connectivity index (χ1n) is 18.2. The largest absolute Gasteiger partial charge is 0.208 e. The highest BCUT2D eigenvalue weighted by molar-refractivity contribution is 5.84. The van der Waals surface area contributed by atoms with E-state index < -0.39 is 0 Å². The third-order valence-corrected chi connectivity index (χ3v) is 9.69. The molecule has 0 amide bonds. The van der Waals surface area contributed by atoms with E-state index in [0.717, 1.165) is 38.9 Å². The summed E-state index contributed by atoms with van der Waals surface area (Å²) in [6, 6.07) is 74.4. The van der Waals surface area contributed by atoms with Gasteiger partial charge in [0, 0.05) is 16.7 Å². The van der Waals surface area contributed by atoms with Crippen molar-refractivity contribution >= 4 is 0 Å². The van der Waals surface area contributed by atoms with Crippen LogP contribution in [0, 0.1) is 0 Å². The molecule has 3 heteroatoms. The van der Waals surface area contributed by atoms with Gasteiger partial charge in [0.2, 0.25) is 0 Å². The van der Waals surface area contributed by atoms with Crippen LogP contribution in [0.2, 0.25) is 0 Å². The third-order valence-electron chi connectivity index (χ3n) is 9.69. The van der Waals surface area contributed by atoms with Crippen molar-refractivity contribution in [2.75, 3.05) is 0 Å². The van der Waals surface area contributed by atoms with Gasteiger partial charge in [-0.3, -0.25) is 0 Å². The highest BCUT2D eigenvalue weighted by Gasteiger charge is 2.14. The van der Waals surface area contributed by atoms with Crippen LogP contribution in [0.3, 0.4) is 0 Å². The van der Waals surface area contributed by atoms with E-state index in [0.29, 0.717) is 17.5 Å². The van der Waals surface area contributed by atoms with Crippen molar-refractivity contribution in [1.29, 1.82) is 0 Å². The minimum atomic E-state index is 0.640. The molecule has 0 aliphatic rings. The molecule has 0 bridgehead atoms. The van der Waals surface area contributed by atoms with Crippen LogP contribution in [0.15, 0.2) is 212 Å². The summed E-state index contributed by atoms with van der Waals surface area (Å²) < 4.78 is 0. The number of hydrogen-bond donors (Lipinski definition) is 0. The summed E-state index contributed by atoms with van der Waals surface area (Å²) in [6.07, 6.45) is 0. The molecule has 0 radical (unpaired) electrons. The van der Waals surface area contributed by atoms with Crippen LogP contribution in [0.4, 0.5) is 0 Å². The van der Waals surface area contributed by atoms with Crippen molar-refractivity contribution in [3.05, 3.63) is 212 Å². The van der Waals surface area contributed by atoms with Gasteiger partial charge in [-0.1, -0.05) is 176 Å². The Bertz CT molecular complexity index is 2390. The first-order valence-corrected chi connectivity index (χ1v) is 18.2.